The van der Waals surface area contributed by atoms with Crippen molar-refractivity contribution in [3.8, 4) is 11.5 Å². The van der Waals surface area contributed by atoms with Gasteiger partial charge in [0, 0.05) is 11.1 Å². The summed E-state index contributed by atoms with van der Waals surface area (Å²) < 4.78 is 24.4. The van der Waals surface area contributed by atoms with Gasteiger partial charge in [-0.1, -0.05) is 39.7 Å². The molecule has 2 N–H and O–H groups in total. The van der Waals surface area contributed by atoms with E-state index in [0.717, 1.165) is 19.3 Å². The van der Waals surface area contributed by atoms with E-state index in [-0.39, 0.29) is 11.5 Å². The third-order valence-electron chi connectivity index (χ3n) is 4.94. The number of para-hydroxylation sites is 1. The Labute approximate surface area is 194 Å². The Morgan fingerprint density at radius 2 is 1.85 bits per heavy atom. The topological polar surface area (TPSA) is 89.0 Å². The van der Waals surface area contributed by atoms with E-state index in [0.29, 0.717) is 23.7 Å². The van der Waals surface area contributed by atoms with E-state index < -0.39 is 23.7 Å². The Balaban J connectivity index is 2.06. The first kappa shape index (κ1) is 25.8. The van der Waals surface area contributed by atoms with Gasteiger partial charge in [0.05, 0.1) is 19.9 Å². The van der Waals surface area contributed by atoms with Crippen molar-refractivity contribution < 1.29 is 23.5 Å². The fraction of sp³-hybridized carbons (Fsp3) is 0.400. The Morgan fingerprint density at radius 3 is 2.48 bits per heavy atom. The first-order chi connectivity index (χ1) is 15.9. The highest BCUT2D eigenvalue weighted by molar-refractivity contribution is 5.97. The van der Waals surface area contributed by atoms with E-state index in [1.165, 1.54) is 30.5 Å². The third kappa shape index (κ3) is 7.89. The lowest BCUT2D eigenvalue weighted by atomic mass is 10.0. The van der Waals surface area contributed by atoms with Crippen molar-refractivity contribution in [1.82, 2.24) is 10.7 Å². The molecule has 0 aliphatic carbocycles. The van der Waals surface area contributed by atoms with Crippen LogP contribution in [0.25, 0.3) is 0 Å². The second-order valence-electron chi connectivity index (χ2n) is 7.87. The van der Waals surface area contributed by atoms with Gasteiger partial charge in [-0.25, -0.2) is 9.82 Å². The zero-order chi connectivity index (χ0) is 24.2. The summed E-state index contributed by atoms with van der Waals surface area (Å²) in [6, 6.07) is 9.70. The van der Waals surface area contributed by atoms with Crippen molar-refractivity contribution in [3.63, 3.8) is 0 Å². The van der Waals surface area contributed by atoms with Crippen LogP contribution in [0, 0.1) is 11.7 Å². The zero-order valence-corrected chi connectivity index (χ0v) is 19.6. The SMILES string of the molecule is CCCCCOc1c(/C=N/NC(=O)C(NC(=O)c2ccc(F)cc2)C(C)C)cccc1OC. The molecule has 0 saturated carbocycles. The largest absolute Gasteiger partial charge is 0.493 e. The molecule has 1 atom stereocenters. The summed E-state index contributed by atoms with van der Waals surface area (Å²) in [6.07, 6.45) is 4.56. The van der Waals surface area contributed by atoms with Crippen molar-refractivity contribution >= 4 is 18.0 Å². The van der Waals surface area contributed by atoms with Crippen LogP contribution in [0.3, 0.4) is 0 Å². The van der Waals surface area contributed by atoms with Crippen LogP contribution in [0.1, 0.15) is 56.0 Å². The van der Waals surface area contributed by atoms with Crippen LogP contribution < -0.4 is 20.2 Å². The average molecular weight is 458 g/mol. The Morgan fingerprint density at radius 1 is 1.12 bits per heavy atom. The monoisotopic (exact) mass is 457 g/mol. The summed E-state index contributed by atoms with van der Waals surface area (Å²) in [4.78, 5) is 25.1. The first-order valence-electron chi connectivity index (χ1n) is 11.1. The molecule has 0 fully saturated rings. The molecule has 2 aromatic rings. The molecule has 2 aromatic carbocycles. The summed E-state index contributed by atoms with van der Waals surface area (Å²) in [6.45, 7) is 6.29. The van der Waals surface area contributed by atoms with Gasteiger partial charge in [-0.15, -0.1) is 0 Å². The van der Waals surface area contributed by atoms with Crippen LogP contribution in [-0.4, -0.2) is 37.8 Å². The van der Waals surface area contributed by atoms with E-state index in [1.807, 2.05) is 19.9 Å². The highest BCUT2D eigenvalue weighted by atomic mass is 19.1. The summed E-state index contributed by atoms with van der Waals surface area (Å²) in [5.41, 5.74) is 3.40. The number of hydrogen-bond acceptors (Lipinski definition) is 5. The van der Waals surface area contributed by atoms with Crippen molar-refractivity contribution in [2.75, 3.05) is 13.7 Å². The molecule has 2 amide bonds. The van der Waals surface area contributed by atoms with E-state index >= 15 is 0 Å². The molecule has 1 unspecified atom stereocenters. The number of hydrazone groups is 1. The van der Waals surface area contributed by atoms with Crippen LogP contribution in [0.2, 0.25) is 0 Å². The maximum Gasteiger partial charge on any atom is 0.262 e. The second kappa shape index (κ2) is 13.2. The minimum Gasteiger partial charge on any atom is -0.493 e. The molecule has 8 heteroatoms. The summed E-state index contributed by atoms with van der Waals surface area (Å²) in [5.74, 6) is -0.440. The Bertz CT molecular complexity index is 945. The molecule has 178 valence electrons. The van der Waals surface area contributed by atoms with Crippen molar-refractivity contribution in [3.05, 3.63) is 59.4 Å². The summed E-state index contributed by atoms with van der Waals surface area (Å²) in [7, 11) is 1.56. The number of nitrogens with one attached hydrogen (secondary N) is 2. The molecular weight excluding hydrogens is 425 g/mol. The lowest BCUT2D eigenvalue weighted by Crippen LogP contribution is -2.48. The number of halogens is 1. The molecule has 2 rings (SSSR count). The molecule has 33 heavy (non-hydrogen) atoms. The first-order valence-corrected chi connectivity index (χ1v) is 11.1. The van der Waals surface area contributed by atoms with Gasteiger partial charge in [-0.05, 0) is 48.7 Å². The number of methoxy groups -OCH3 is 1. The van der Waals surface area contributed by atoms with Gasteiger partial charge in [0.25, 0.3) is 11.8 Å². The highest BCUT2D eigenvalue weighted by Gasteiger charge is 2.24. The van der Waals surface area contributed by atoms with Gasteiger partial charge < -0.3 is 14.8 Å². The van der Waals surface area contributed by atoms with Gasteiger partial charge in [0.15, 0.2) is 11.5 Å². The van der Waals surface area contributed by atoms with Crippen molar-refractivity contribution in [2.24, 2.45) is 11.0 Å². The van der Waals surface area contributed by atoms with Crippen LogP contribution >= 0.6 is 0 Å². The lowest BCUT2D eigenvalue weighted by molar-refractivity contribution is -0.123. The van der Waals surface area contributed by atoms with Crippen molar-refractivity contribution in [1.29, 1.82) is 0 Å². The minimum atomic E-state index is -0.824. The quantitative estimate of drug-likeness (QED) is 0.282. The number of rotatable bonds is 12. The molecule has 0 aliphatic rings. The maximum absolute atomic E-state index is 13.1. The van der Waals surface area contributed by atoms with Gasteiger partial charge in [-0.3, -0.25) is 9.59 Å². The highest BCUT2D eigenvalue weighted by Crippen LogP contribution is 2.30. The van der Waals surface area contributed by atoms with Crippen LogP contribution in [-0.2, 0) is 4.79 Å². The molecule has 0 radical (unpaired) electrons. The van der Waals surface area contributed by atoms with E-state index in [4.69, 9.17) is 9.47 Å². The van der Waals surface area contributed by atoms with Crippen LogP contribution in [0.4, 0.5) is 4.39 Å². The number of carbonyl (C=O) groups excluding carboxylic acids is 2. The second-order valence-corrected chi connectivity index (χ2v) is 7.87. The zero-order valence-electron chi connectivity index (χ0n) is 19.6. The van der Waals surface area contributed by atoms with Crippen LogP contribution in [0.15, 0.2) is 47.6 Å². The molecule has 0 saturated heterocycles. The summed E-state index contributed by atoms with van der Waals surface area (Å²) in [5, 5.41) is 6.73. The number of benzene rings is 2. The number of nitrogens with zero attached hydrogens (tertiary/aromatic N) is 1. The van der Waals surface area contributed by atoms with Gasteiger partial charge in [-0.2, -0.15) is 5.10 Å². The molecule has 0 aromatic heterocycles. The van der Waals surface area contributed by atoms with Gasteiger partial charge >= 0.3 is 0 Å². The van der Waals surface area contributed by atoms with E-state index in [1.54, 1.807) is 19.2 Å². The van der Waals surface area contributed by atoms with Gasteiger partial charge in [0.1, 0.15) is 11.9 Å². The average Bonchev–Trinajstić information content (AvgIpc) is 2.80. The minimum absolute atomic E-state index is 0.195. The fourth-order valence-corrected chi connectivity index (χ4v) is 3.07. The molecule has 0 heterocycles. The Kier molecular flexibility index (Phi) is 10.3. The lowest BCUT2D eigenvalue weighted by Gasteiger charge is -2.20. The number of amides is 2. The van der Waals surface area contributed by atoms with Crippen LogP contribution in [0.5, 0.6) is 11.5 Å². The number of hydrogen-bond donors (Lipinski definition) is 2. The smallest absolute Gasteiger partial charge is 0.262 e. The third-order valence-corrected chi connectivity index (χ3v) is 4.94. The molecule has 0 aliphatic heterocycles. The van der Waals surface area contributed by atoms with Crippen molar-refractivity contribution in [2.45, 2.75) is 46.1 Å². The molecule has 7 nitrogen and oxygen atoms in total. The predicted octanol–water partition coefficient (Wildman–Crippen LogP) is 4.31. The normalized spacial score (nSPS) is 11.9. The van der Waals surface area contributed by atoms with Gasteiger partial charge in [0.2, 0.25) is 0 Å². The maximum atomic E-state index is 13.1. The fourth-order valence-electron chi connectivity index (χ4n) is 3.07. The molecular formula is C25H32FN3O4. The predicted molar refractivity (Wildman–Crippen MR) is 126 cm³/mol. The molecule has 0 spiro atoms. The summed E-state index contributed by atoms with van der Waals surface area (Å²) >= 11 is 0. The number of carbonyl (C=O) groups is 2. The standard InChI is InChI=1S/C25H32FN3O4/c1-5-6-7-15-33-23-19(9-8-10-21(23)32-4)16-27-29-25(31)22(17(2)3)28-24(30)18-11-13-20(26)14-12-18/h8-14,16-17,22H,5-7,15H2,1-4H3,(H,28,30)(H,29,31)/b27-16+. The number of unbranched alkanes of at least 4 members (excludes halogenated alkanes) is 2. The Hall–Kier alpha value is -3.42. The van der Waals surface area contributed by atoms with E-state index in [9.17, 15) is 14.0 Å². The number of ether oxygens (including phenoxy) is 2. The van der Waals surface area contributed by atoms with E-state index in [2.05, 4.69) is 22.8 Å². The molecule has 0 bridgehead atoms.